The molecule has 0 saturated heterocycles. The summed E-state index contributed by atoms with van der Waals surface area (Å²) in [6.45, 7) is 5.83. The van der Waals surface area contributed by atoms with Crippen molar-refractivity contribution in [3.8, 4) is 11.4 Å². The van der Waals surface area contributed by atoms with Crippen LogP contribution in [0, 0.1) is 6.92 Å². The molecule has 1 heterocycles. The van der Waals surface area contributed by atoms with Crippen LogP contribution >= 0.6 is 0 Å². The molecule has 2 aromatic rings. The minimum Gasteiger partial charge on any atom is -0.406 e. The maximum atomic E-state index is 11.9. The molecule has 0 fully saturated rings. The normalized spacial score (nSPS) is 10.6. The third-order valence-corrected chi connectivity index (χ3v) is 2.06. The average molecular weight is 272 g/mol. The smallest absolute Gasteiger partial charge is 0.406 e. The lowest BCUT2D eigenvalue weighted by Gasteiger charge is -2.09. The number of rotatable bonds is 2. The average Bonchev–Trinajstić information content (AvgIpc) is 2.77. The van der Waals surface area contributed by atoms with E-state index in [2.05, 4.69) is 9.84 Å². The van der Waals surface area contributed by atoms with Gasteiger partial charge in [0.2, 0.25) is 0 Å². The van der Waals surface area contributed by atoms with E-state index >= 15 is 0 Å². The first-order valence-corrected chi connectivity index (χ1v) is 5.82. The van der Waals surface area contributed by atoms with E-state index in [0.717, 1.165) is 5.69 Å². The van der Waals surface area contributed by atoms with Gasteiger partial charge in [-0.05, 0) is 37.3 Å². The number of alkyl halides is 3. The predicted octanol–water partition coefficient (Wildman–Crippen LogP) is 4.11. The first-order chi connectivity index (χ1) is 8.94. The van der Waals surface area contributed by atoms with E-state index in [1.165, 1.54) is 24.3 Å². The van der Waals surface area contributed by atoms with Crippen LogP contribution in [-0.4, -0.2) is 16.1 Å². The number of aromatic nitrogens is 2. The molecule has 0 amide bonds. The second-order valence-electron chi connectivity index (χ2n) is 3.44. The van der Waals surface area contributed by atoms with Gasteiger partial charge in [-0.1, -0.05) is 13.8 Å². The van der Waals surface area contributed by atoms with Gasteiger partial charge in [0.25, 0.3) is 0 Å². The molecule has 0 radical (unpaired) electrons. The summed E-state index contributed by atoms with van der Waals surface area (Å²) < 4.78 is 41.1. The van der Waals surface area contributed by atoms with E-state index in [9.17, 15) is 13.2 Å². The molecule has 104 valence electrons. The van der Waals surface area contributed by atoms with E-state index in [0.29, 0.717) is 5.69 Å². The number of hydrogen-bond acceptors (Lipinski definition) is 2. The van der Waals surface area contributed by atoms with Crippen molar-refractivity contribution in [2.24, 2.45) is 0 Å². The Kier molecular flexibility index (Phi) is 4.97. The molecule has 0 aliphatic rings. The number of nitrogens with zero attached hydrogens (tertiary/aromatic N) is 2. The summed E-state index contributed by atoms with van der Waals surface area (Å²) >= 11 is 0. The fourth-order valence-corrected chi connectivity index (χ4v) is 1.36. The van der Waals surface area contributed by atoms with E-state index in [4.69, 9.17) is 0 Å². The van der Waals surface area contributed by atoms with E-state index in [1.54, 1.807) is 16.9 Å². The zero-order valence-corrected chi connectivity index (χ0v) is 10.9. The van der Waals surface area contributed by atoms with Crippen molar-refractivity contribution in [2.75, 3.05) is 0 Å². The fourth-order valence-electron chi connectivity index (χ4n) is 1.36. The Hall–Kier alpha value is -1.98. The molecule has 1 aromatic carbocycles. The molecule has 0 unspecified atom stereocenters. The van der Waals surface area contributed by atoms with Crippen LogP contribution in [0.2, 0.25) is 0 Å². The van der Waals surface area contributed by atoms with Crippen molar-refractivity contribution in [1.82, 2.24) is 9.78 Å². The standard InChI is InChI=1S/C11H9F3N2O.C2H6/c1-8-6-7-16(15-8)9-2-4-10(5-3-9)17-11(12,13)14;1-2/h2-7H,1H3;1-2H3. The van der Waals surface area contributed by atoms with E-state index < -0.39 is 6.36 Å². The molecule has 19 heavy (non-hydrogen) atoms. The summed E-state index contributed by atoms with van der Waals surface area (Å²) in [5, 5.41) is 4.14. The lowest BCUT2D eigenvalue weighted by molar-refractivity contribution is -0.274. The summed E-state index contributed by atoms with van der Waals surface area (Å²) in [6.07, 6.45) is -2.93. The highest BCUT2D eigenvalue weighted by molar-refractivity contribution is 5.36. The summed E-state index contributed by atoms with van der Waals surface area (Å²) in [5.74, 6) is -0.245. The van der Waals surface area contributed by atoms with Gasteiger partial charge < -0.3 is 4.74 Å². The van der Waals surface area contributed by atoms with E-state index in [1.807, 2.05) is 20.8 Å². The van der Waals surface area contributed by atoms with Crippen molar-refractivity contribution in [1.29, 1.82) is 0 Å². The Balaban J connectivity index is 0.000000861. The number of halogens is 3. The summed E-state index contributed by atoms with van der Waals surface area (Å²) in [4.78, 5) is 0. The quantitative estimate of drug-likeness (QED) is 0.822. The first kappa shape index (κ1) is 15.1. The molecule has 2 rings (SSSR count). The number of ether oxygens (including phenoxy) is 1. The molecule has 1 aromatic heterocycles. The Morgan fingerprint density at radius 3 is 2.05 bits per heavy atom. The number of benzene rings is 1. The van der Waals surface area contributed by atoms with Crippen LogP contribution in [-0.2, 0) is 0 Å². The zero-order valence-electron chi connectivity index (χ0n) is 10.9. The van der Waals surface area contributed by atoms with Crippen molar-refractivity contribution in [3.05, 3.63) is 42.2 Å². The van der Waals surface area contributed by atoms with Crippen LogP contribution < -0.4 is 4.74 Å². The van der Waals surface area contributed by atoms with Crippen molar-refractivity contribution in [2.45, 2.75) is 27.1 Å². The fraction of sp³-hybridized carbons (Fsp3) is 0.308. The molecule has 0 bridgehead atoms. The summed E-state index contributed by atoms with van der Waals surface area (Å²) in [7, 11) is 0. The van der Waals surface area contributed by atoms with Gasteiger partial charge in [0.05, 0.1) is 11.4 Å². The summed E-state index contributed by atoms with van der Waals surface area (Å²) in [5.41, 5.74) is 1.51. The highest BCUT2D eigenvalue weighted by Crippen LogP contribution is 2.23. The second kappa shape index (κ2) is 6.26. The molecule has 0 spiro atoms. The largest absolute Gasteiger partial charge is 0.573 e. The van der Waals surface area contributed by atoms with Crippen molar-refractivity contribution < 1.29 is 17.9 Å². The van der Waals surface area contributed by atoms with Gasteiger partial charge in [-0.3, -0.25) is 0 Å². The van der Waals surface area contributed by atoms with Crippen molar-refractivity contribution >= 4 is 0 Å². The van der Waals surface area contributed by atoms with Gasteiger partial charge in [-0.25, -0.2) is 4.68 Å². The van der Waals surface area contributed by atoms with Crippen molar-refractivity contribution in [3.63, 3.8) is 0 Å². The van der Waals surface area contributed by atoms with Crippen LogP contribution in [0.4, 0.5) is 13.2 Å². The van der Waals surface area contributed by atoms with Gasteiger partial charge >= 0.3 is 6.36 Å². The Morgan fingerprint density at radius 1 is 1.05 bits per heavy atom. The molecule has 0 atom stereocenters. The van der Waals surface area contributed by atoms with Gasteiger partial charge in [-0.15, -0.1) is 13.2 Å². The molecule has 0 saturated carbocycles. The van der Waals surface area contributed by atoms with Gasteiger partial charge in [-0.2, -0.15) is 5.10 Å². The summed E-state index contributed by atoms with van der Waals surface area (Å²) in [6, 6.07) is 7.32. The highest BCUT2D eigenvalue weighted by atomic mass is 19.4. The molecule has 6 heteroatoms. The first-order valence-electron chi connectivity index (χ1n) is 5.82. The van der Waals surface area contributed by atoms with Gasteiger partial charge in [0, 0.05) is 6.20 Å². The van der Waals surface area contributed by atoms with E-state index in [-0.39, 0.29) is 5.75 Å². The number of aryl methyl sites for hydroxylation is 1. The van der Waals surface area contributed by atoms with Crippen LogP contribution in [0.5, 0.6) is 5.75 Å². The Morgan fingerprint density at radius 2 is 1.63 bits per heavy atom. The lowest BCUT2D eigenvalue weighted by atomic mass is 10.3. The number of hydrogen-bond donors (Lipinski definition) is 0. The second-order valence-corrected chi connectivity index (χ2v) is 3.44. The minimum absolute atomic E-state index is 0.245. The Bertz CT molecular complexity index is 503. The monoisotopic (exact) mass is 272 g/mol. The maximum absolute atomic E-state index is 11.9. The molecule has 3 nitrogen and oxygen atoms in total. The van der Waals surface area contributed by atoms with Crippen LogP contribution in [0.3, 0.4) is 0 Å². The predicted molar refractivity (Wildman–Crippen MR) is 66.3 cm³/mol. The Labute approximate surface area is 109 Å². The van der Waals surface area contributed by atoms with Gasteiger partial charge in [0.1, 0.15) is 5.75 Å². The lowest BCUT2D eigenvalue weighted by Crippen LogP contribution is -2.17. The highest BCUT2D eigenvalue weighted by Gasteiger charge is 2.30. The van der Waals surface area contributed by atoms with Crippen LogP contribution in [0.25, 0.3) is 5.69 Å². The molecular formula is C13H15F3N2O. The van der Waals surface area contributed by atoms with Crippen LogP contribution in [0.15, 0.2) is 36.5 Å². The molecular weight excluding hydrogens is 257 g/mol. The molecule has 0 aliphatic heterocycles. The van der Waals surface area contributed by atoms with Crippen LogP contribution in [0.1, 0.15) is 19.5 Å². The zero-order chi connectivity index (χ0) is 14.5. The third-order valence-electron chi connectivity index (χ3n) is 2.06. The van der Waals surface area contributed by atoms with Gasteiger partial charge in [0.15, 0.2) is 0 Å². The molecule has 0 N–H and O–H groups in total. The molecule has 0 aliphatic carbocycles. The third kappa shape index (κ3) is 4.65. The SMILES string of the molecule is CC.Cc1ccn(-c2ccc(OC(F)(F)F)cc2)n1. The topological polar surface area (TPSA) is 27.1 Å². The maximum Gasteiger partial charge on any atom is 0.573 e. The minimum atomic E-state index is -4.66.